The third-order valence-electron chi connectivity index (χ3n) is 5.37. The molecule has 0 unspecified atom stereocenters. The zero-order valence-corrected chi connectivity index (χ0v) is 15.6. The predicted molar refractivity (Wildman–Crippen MR) is 112 cm³/mol. The van der Waals surface area contributed by atoms with Crippen LogP contribution in [0.4, 0.5) is 13.2 Å². The molecule has 5 aromatic rings. The molecular formula is C25H16F3N. The number of hydrogen-bond acceptors (Lipinski definition) is 1. The minimum atomic E-state index is -2.59. The highest BCUT2D eigenvalue weighted by Gasteiger charge is 2.16. The predicted octanol–water partition coefficient (Wildman–Crippen LogP) is 7.59. The zero-order valence-electron chi connectivity index (χ0n) is 15.6. The third kappa shape index (κ3) is 2.83. The monoisotopic (exact) mass is 387 g/mol. The maximum Gasteiger partial charge on any atom is 0.264 e. The van der Waals surface area contributed by atoms with Crippen molar-refractivity contribution in [3.05, 3.63) is 89.9 Å². The summed E-state index contributed by atoms with van der Waals surface area (Å²) in [7, 11) is 0. The number of alkyl halides is 2. The Hall–Kier alpha value is -3.40. The van der Waals surface area contributed by atoms with Crippen molar-refractivity contribution in [2.45, 2.75) is 13.3 Å². The largest absolute Gasteiger partial charge is 0.264 e. The molecule has 1 heterocycles. The van der Waals surface area contributed by atoms with Gasteiger partial charge in [0.1, 0.15) is 5.82 Å². The summed E-state index contributed by atoms with van der Waals surface area (Å²) in [6.07, 6.45) is -0.943. The van der Waals surface area contributed by atoms with E-state index in [9.17, 15) is 13.2 Å². The summed E-state index contributed by atoms with van der Waals surface area (Å²) in [6.45, 7) is 1.85. The Bertz CT molecular complexity index is 1410. The molecular weight excluding hydrogens is 371 g/mol. The van der Waals surface area contributed by atoms with Crippen LogP contribution in [0.1, 0.15) is 17.6 Å². The molecule has 0 saturated heterocycles. The molecule has 0 spiro atoms. The number of aryl methyl sites for hydroxylation is 1. The molecule has 29 heavy (non-hydrogen) atoms. The molecule has 142 valence electrons. The molecule has 1 aromatic heterocycles. The highest BCUT2D eigenvalue weighted by Crippen LogP contribution is 2.37. The lowest BCUT2D eigenvalue weighted by Crippen LogP contribution is -1.93. The molecule has 0 bridgehead atoms. The molecule has 5 rings (SSSR count). The maximum absolute atomic E-state index is 14.4. The first-order valence-electron chi connectivity index (χ1n) is 9.32. The van der Waals surface area contributed by atoms with Gasteiger partial charge in [0.25, 0.3) is 6.43 Å². The molecule has 0 fully saturated rings. The Labute approximate surface area is 165 Å². The van der Waals surface area contributed by atoms with E-state index in [1.807, 2.05) is 43.3 Å². The van der Waals surface area contributed by atoms with Gasteiger partial charge in [-0.1, -0.05) is 42.5 Å². The molecule has 0 N–H and O–H groups in total. The van der Waals surface area contributed by atoms with Gasteiger partial charge in [-0.25, -0.2) is 13.2 Å². The summed E-state index contributed by atoms with van der Waals surface area (Å²) < 4.78 is 41.9. The van der Waals surface area contributed by atoms with Crippen molar-refractivity contribution in [3.63, 3.8) is 0 Å². The SMILES string of the molecule is Cc1cc(F)c2ccc3c(-c4cc(C(F)F)c5ccccc5c4)nccc3c2c1. The lowest BCUT2D eigenvalue weighted by Gasteiger charge is -2.13. The van der Waals surface area contributed by atoms with Crippen molar-refractivity contribution in [1.29, 1.82) is 0 Å². The highest BCUT2D eigenvalue weighted by atomic mass is 19.3. The van der Waals surface area contributed by atoms with Gasteiger partial charge in [0.15, 0.2) is 0 Å². The van der Waals surface area contributed by atoms with Crippen LogP contribution >= 0.6 is 0 Å². The summed E-state index contributed by atoms with van der Waals surface area (Å²) in [6, 6.07) is 19.3. The number of halogens is 3. The number of aromatic nitrogens is 1. The lowest BCUT2D eigenvalue weighted by atomic mass is 9.94. The van der Waals surface area contributed by atoms with E-state index < -0.39 is 6.43 Å². The molecule has 1 nitrogen and oxygen atoms in total. The van der Waals surface area contributed by atoms with E-state index in [1.54, 1.807) is 24.4 Å². The fourth-order valence-corrected chi connectivity index (χ4v) is 4.08. The normalized spacial score (nSPS) is 11.8. The van der Waals surface area contributed by atoms with E-state index in [-0.39, 0.29) is 11.4 Å². The van der Waals surface area contributed by atoms with E-state index in [0.29, 0.717) is 22.0 Å². The van der Waals surface area contributed by atoms with E-state index >= 15 is 0 Å². The molecule has 0 radical (unpaired) electrons. The van der Waals surface area contributed by atoms with E-state index in [1.165, 1.54) is 12.1 Å². The van der Waals surface area contributed by atoms with Crippen molar-refractivity contribution in [1.82, 2.24) is 4.98 Å². The Morgan fingerprint density at radius 1 is 0.759 bits per heavy atom. The van der Waals surface area contributed by atoms with Gasteiger partial charge in [0, 0.05) is 28.1 Å². The summed E-state index contributed by atoms with van der Waals surface area (Å²) in [5.41, 5.74) is 2.04. The minimum absolute atomic E-state index is 0.0143. The third-order valence-corrected chi connectivity index (χ3v) is 5.37. The van der Waals surface area contributed by atoms with E-state index in [0.717, 1.165) is 27.1 Å². The summed E-state index contributed by atoms with van der Waals surface area (Å²) in [5, 5.41) is 4.25. The first-order chi connectivity index (χ1) is 14.0. The summed E-state index contributed by atoms with van der Waals surface area (Å²) in [5.74, 6) is -0.272. The highest BCUT2D eigenvalue weighted by molar-refractivity contribution is 6.12. The Balaban J connectivity index is 1.85. The Morgan fingerprint density at radius 3 is 2.38 bits per heavy atom. The van der Waals surface area contributed by atoms with Crippen molar-refractivity contribution in [2.75, 3.05) is 0 Å². The van der Waals surface area contributed by atoms with Gasteiger partial charge in [-0.2, -0.15) is 0 Å². The van der Waals surface area contributed by atoms with Crippen LogP contribution in [0, 0.1) is 12.7 Å². The number of hydrogen-bond donors (Lipinski definition) is 0. The molecule has 0 amide bonds. The number of fused-ring (bicyclic) bond motifs is 4. The minimum Gasteiger partial charge on any atom is -0.256 e. The van der Waals surface area contributed by atoms with Gasteiger partial charge < -0.3 is 0 Å². The Morgan fingerprint density at radius 2 is 1.55 bits per heavy atom. The van der Waals surface area contributed by atoms with Gasteiger partial charge in [0.2, 0.25) is 0 Å². The van der Waals surface area contributed by atoms with Crippen molar-refractivity contribution in [3.8, 4) is 11.3 Å². The van der Waals surface area contributed by atoms with Gasteiger partial charge in [-0.15, -0.1) is 0 Å². The van der Waals surface area contributed by atoms with Crippen LogP contribution in [-0.2, 0) is 0 Å². The van der Waals surface area contributed by atoms with E-state index in [4.69, 9.17) is 0 Å². The smallest absolute Gasteiger partial charge is 0.256 e. The van der Waals surface area contributed by atoms with Crippen LogP contribution in [-0.4, -0.2) is 4.98 Å². The summed E-state index contributed by atoms with van der Waals surface area (Å²) in [4.78, 5) is 4.50. The second-order valence-electron chi connectivity index (χ2n) is 7.25. The second kappa shape index (κ2) is 6.59. The quantitative estimate of drug-likeness (QED) is 0.284. The number of nitrogens with zero attached hydrogens (tertiary/aromatic N) is 1. The standard InChI is InChI=1S/C25H16F3N/c1-14-10-21-18-8-9-29-24(20(18)7-6-19(21)23(26)11-14)16-12-15-4-2-3-5-17(15)22(13-16)25(27)28/h2-13,25H,1H3. The maximum atomic E-state index is 14.4. The van der Waals surface area contributed by atoms with Crippen molar-refractivity contribution in [2.24, 2.45) is 0 Å². The van der Waals surface area contributed by atoms with Crippen LogP contribution < -0.4 is 0 Å². The average Bonchev–Trinajstić information content (AvgIpc) is 2.72. The van der Waals surface area contributed by atoms with Crippen LogP contribution in [0.15, 0.2) is 72.9 Å². The van der Waals surface area contributed by atoms with E-state index in [2.05, 4.69) is 4.98 Å². The molecule has 0 saturated carbocycles. The van der Waals surface area contributed by atoms with Crippen LogP contribution in [0.5, 0.6) is 0 Å². The topological polar surface area (TPSA) is 12.9 Å². The van der Waals surface area contributed by atoms with Crippen molar-refractivity contribution < 1.29 is 13.2 Å². The molecule has 0 aliphatic heterocycles. The second-order valence-corrected chi connectivity index (χ2v) is 7.25. The molecule has 4 heteroatoms. The first kappa shape index (κ1) is 17.7. The first-order valence-corrected chi connectivity index (χ1v) is 9.32. The number of rotatable bonds is 2. The molecule has 0 atom stereocenters. The van der Waals surface area contributed by atoms with Gasteiger partial charge in [-0.3, -0.25) is 4.98 Å². The lowest BCUT2D eigenvalue weighted by molar-refractivity contribution is 0.153. The van der Waals surface area contributed by atoms with Gasteiger partial charge in [-0.05, 0) is 58.3 Å². The Kier molecular flexibility index (Phi) is 4.02. The summed E-state index contributed by atoms with van der Waals surface area (Å²) >= 11 is 0. The van der Waals surface area contributed by atoms with Crippen molar-refractivity contribution >= 4 is 32.3 Å². The van der Waals surface area contributed by atoms with Gasteiger partial charge in [0.05, 0.1) is 5.69 Å². The molecule has 0 aliphatic rings. The molecule has 0 aliphatic carbocycles. The van der Waals surface area contributed by atoms with Crippen LogP contribution in [0.25, 0.3) is 43.6 Å². The average molecular weight is 387 g/mol. The zero-order chi connectivity index (χ0) is 20.1. The fourth-order valence-electron chi connectivity index (χ4n) is 4.08. The van der Waals surface area contributed by atoms with Gasteiger partial charge >= 0.3 is 0 Å². The van der Waals surface area contributed by atoms with Crippen LogP contribution in [0.3, 0.4) is 0 Å². The molecule has 4 aromatic carbocycles. The van der Waals surface area contributed by atoms with Crippen LogP contribution in [0.2, 0.25) is 0 Å². The fraction of sp³-hybridized carbons (Fsp3) is 0.0800. The number of pyridine rings is 1. The number of benzene rings is 4.